The molecule has 4 heteroatoms. The van der Waals surface area contributed by atoms with Crippen LogP contribution in [-0.2, 0) is 9.59 Å². The number of hydrogen-bond acceptors (Lipinski definition) is 2. The van der Waals surface area contributed by atoms with E-state index in [1.54, 1.807) is 0 Å². The summed E-state index contributed by atoms with van der Waals surface area (Å²) >= 11 is 0. The Balaban J connectivity index is 3.16. The predicted octanol–water partition coefficient (Wildman–Crippen LogP) is 13.4. The fraction of sp³-hybridized carbons (Fsp3) is 0.952. The fourth-order valence-corrected chi connectivity index (χ4v) is 7.03. The number of hydrogen-bond donors (Lipinski definition) is 2. The fourth-order valence-electron chi connectivity index (χ4n) is 7.03. The highest BCUT2D eigenvalue weighted by molar-refractivity contribution is 5.73. The molecule has 0 aromatic rings. The Morgan fingerprint density at radius 2 is 0.457 bits per heavy atom. The van der Waals surface area contributed by atoms with Crippen LogP contribution in [0, 0.1) is 5.92 Å². The van der Waals surface area contributed by atoms with Gasteiger partial charge in [0.15, 0.2) is 0 Å². The minimum atomic E-state index is -0.151. The molecule has 274 valence electrons. The Hall–Kier alpha value is -1.06. The van der Waals surface area contributed by atoms with Crippen molar-refractivity contribution in [3.05, 3.63) is 0 Å². The molecule has 46 heavy (non-hydrogen) atoms. The van der Waals surface area contributed by atoms with Crippen molar-refractivity contribution < 1.29 is 9.59 Å². The summed E-state index contributed by atoms with van der Waals surface area (Å²) < 4.78 is 0. The molecule has 0 saturated carbocycles. The minimum Gasteiger partial charge on any atom is -0.370 e. The normalized spacial score (nSPS) is 11.5. The number of amides is 2. The quantitative estimate of drug-likeness (QED) is 0.0648. The largest absolute Gasteiger partial charge is 0.370 e. The molecular formula is C42H84N2O2. The summed E-state index contributed by atoms with van der Waals surface area (Å²) in [7, 11) is 0. The molecule has 2 amide bonds. The molecule has 0 heterocycles. The average Bonchev–Trinajstić information content (AvgIpc) is 3.03. The summed E-state index contributed by atoms with van der Waals surface area (Å²) in [5.74, 6) is 0.629. The van der Waals surface area contributed by atoms with Gasteiger partial charge in [-0.05, 0) is 18.8 Å². The first kappa shape index (κ1) is 44.9. The van der Waals surface area contributed by atoms with Crippen molar-refractivity contribution in [1.82, 2.24) is 0 Å². The molecule has 0 aromatic heterocycles. The summed E-state index contributed by atoms with van der Waals surface area (Å²) in [5, 5.41) is 0. The van der Waals surface area contributed by atoms with Gasteiger partial charge in [0.2, 0.25) is 11.8 Å². The molecule has 0 aliphatic heterocycles. The van der Waals surface area contributed by atoms with Gasteiger partial charge in [-0.15, -0.1) is 0 Å². The smallest absolute Gasteiger partial charge is 0.217 e. The van der Waals surface area contributed by atoms with Crippen molar-refractivity contribution in [1.29, 1.82) is 0 Å². The van der Waals surface area contributed by atoms with E-state index in [0.717, 1.165) is 31.6 Å². The molecule has 0 aromatic carbocycles. The Kier molecular flexibility index (Phi) is 37.5. The number of nitrogens with two attached hydrogens (primary N) is 2. The second-order valence-electron chi connectivity index (χ2n) is 15.1. The van der Waals surface area contributed by atoms with Gasteiger partial charge in [0, 0.05) is 12.8 Å². The number of unbranched alkanes of at least 4 members (excludes halogenated alkanes) is 32. The van der Waals surface area contributed by atoms with E-state index >= 15 is 0 Å². The highest BCUT2D eigenvalue weighted by atomic mass is 16.1. The van der Waals surface area contributed by atoms with Crippen molar-refractivity contribution in [3.63, 3.8) is 0 Å². The van der Waals surface area contributed by atoms with Crippen LogP contribution in [0.25, 0.3) is 0 Å². The van der Waals surface area contributed by atoms with Crippen LogP contribution in [0.2, 0.25) is 0 Å². The molecule has 0 aliphatic carbocycles. The van der Waals surface area contributed by atoms with Crippen molar-refractivity contribution >= 4 is 11.8 Å². The maximum atomic E-state index is 10.7. The van der Waals surface area contributed by atoms with E-state index in [0.29, 0.717) is 12.8 Å². The lowest BCUT2D eigenvalue weighted by molar-refractivity contribution is -0.119. The van der Waals surface area contributed by atoms with Crippen molar-refractivity contribution in [2.45, 2.75) is 251 Å². The maximum Gasteiger partial charge on any atom is 0.217 e. The van der Waals surface area contributed by atoms with Gasteiger partial charge in [-0.1, -0.05) is 225 Å². The molecule has 0 rings (SSSR count). The molecule has 0 spiro atoms. The highest BCUT2D eigenvalue weighted by Gasteiger charge is 2.03. The number of carbonyl (C=O) groups excluding carboxylic acids is 2. The molecular weight excluding hydrogens is 564 g/mol. The predicted molar refractivity (Wildman–Crippen MR) is 203 cm³/mol. The molecule has 4 N–H and O–H groups in total. The van der Waals surface area contributed by atoms with Gasteiger partial charge in [-0.25, -0.2) is 0 Å². The van der Waals surface area contributed by atoms with Gasteiger partial charge in [0.05, 0.1) is 0 Å². The van der Waals surface area contributed by atoms with E-state index in [4.69, 9.17) is 11.5 Å². The van der Waals surface area contributed by atoms with Crippen LogP contribution in [0.4, 0.5) is 0 Å². The van der Waals surface area contributed by atoms with Crippen LogP contribution in [0.3, 0.4) is 0 Å². The standard InChI is InChI=1S/C42H84N2O2/c1-40(36-32-28-24-20-16-12-8-4-2-6-10-14-18-22-26-30-34-38-41(43)45)37-33-29-25-21-17-13-9-5-3-7-11-15-19-23-27-31-35-39-42(44)46/h40H,2-39H2,1H3,(H2,43,45)(H2,44,46). The second kappa shape index (κ2) is 38.4. The Morgan fingerprint density at radius 3 is 0.630 bits per heavy atom. The van der Waals surface area contributed by atoms with Crippen molar-refractivity contribution in [2.24, 2.45) is 17.4 Å². The highest BCUT2D eigenvalue weighted by Crippen LogP contribution is 2.20. The molecule has 4 nitrogen and oxygen atoms in total. The molecule has 0 unspecified atom stereocenters. The first-order valence-electron chi connectivity index (χ1n) is 21.1. The topological polar surface area (TPSA) is 86.2 Å². The summed E-state index contributed by atoms with van der Waals surface area (Å²) in [6.45, 7) is 2.49. The summed E-state index contributed by atoms with van der Waals surface area (Å²) in [6.07, 6.45) is 50.7. The zero-order valence-electron chi connectivity index (χ0n) is 31.4. The first-order chi connectivity index (χ1) is 22.5. The van der Waals surface area contributed by atoms with Crippen LogP contribution in [0.15, 0.2) is 0 Å². The van der Waals surface area contributed by atoms with Crippen LogP contribution in [0.1, 0.15) is 251 Å². The Bertz CT molecular complexity index is 571. The summed E-state index contributed by atoms with van der Waals surface area (Å²) in [5.41, 5.74) is 10.4. The van der Waals surface area contributed by atoms with Gasteiger partial charge >= 0.3 is 0 Å². The molecule has 0 fully saturated rings. The molecule has 0 saturated heterocycles. The van der Waals surface area contributed by atoms with Gasteiger partial charge in [0.25, 0.3) is 0 Å². The van der Waals surface area contributed by atoms with Crippen LogP contribution < -0.4 is 11.5 Å². The van der Waals surface area contributed by atoms with Gasteiger partial charge < -0.3 is 11.5 Å². The van der Waals surface area contributed by atoms with Crippen molar-refractivity contribution in [2.75, 3.05) is 0 Å². The lowest BCUT2D eigenvalue weighted by Crippen LogP contribution is -2.09. The third-order valence-corrected chi connectivity index (χ3v) is 10.2. The third-order valence-electron chi connectivity index (χ3n) is 10.2. The minimum absolute atomic E-state index is 0.151. The van der Waals surface area contributed by atoms with Crippen molar-refractivity contribution in [3.8, 4) is 0 Å². The van der Waals surface area contributed by atoms with Crippen LogP contribution >= 0.6 is 0 Å². The van der Waals surface area contributed by atoms with Gasteiger partial charge in [-0.2, -0.15) is 0 Å². The lowest BCUT2D eigenvalue weighted by Gasteiger charge is -2.11. The first-order valence-corrected chi connectivity index (χ1v) is 21.1. The van der Waals surface area contributed by atoms with E-state index in [1.807, 2.05) is 0 Å². The average molecular weight is 649 g/mol. The monoisotopic (exact) mass is 649 g/mol. The Morgan fingerprint density at radius 1 is 0.304 bits per heavy atom. The van der Waals surface area contributed by atoms with E-state index in [9.17, 15) is 9.59 Å². The maximum absolute atomic E-state index is 10.7. The van der Waals surface area contributed by atoms with Gasteiger partial charge in [-0.3, -0.25) is 9.59 Å². The third kappa shape index (κ3) is 41.0. The number of carbonyl (C=O) groups is 2. The molecule has 0 radical (unpaired) electrons. The molecule has 0 bridgehead atoms. The summed E-state index contributed by atoms with van der Waals surface area (Å²) in [4.78, 5) is 21.4. The van der Waals surface area contributed by atoms with E-state index in [1.165, 1.54) is 205 Å². The Labute approximate surface area is 289 Å². The molecule has 0 aliphatic rings. The van der Waals surface area contributed by atoms with Crippen LogP contribution in [-0.4, -0.2) is 11.8 Å². The van der Waals surface area contributed by atoms with Gasteiger partial charge in [0.1, 0.15) is 0 Å². The SMILES string of the molecule is CC(CCCCCCCCCCCCCCCCCCCC(N)=O)CCCCCCCCCCCCCCCCCCCC(N)=O. The lowest BCUT2D eigenvalue weighted by atomic mass is 9.95. The second-order valence-corrected chi connectivity index (χ2v) is 15.1. The number of rotatable bonds is 40. The van der Waals surface area contributed by atoms with E-state index < -0.39 is 0 Å². The van der Waals surface area contributed by atoms with E-state index in [2.05, 4.69) is 6.92 Å². The van der Waals surface area contributed by atoms with E-state index in [-0.39, 0.29) is 11.8 Å². The number of primary amides is 2. The molecule has 0 atom stereocenters. The zero-order chi connectivity index (χ0) is 33.6. The summed E-state index contributed by atoms with van der Waals surface area (Å²) in [6, 6.07) is 0. The zero-order valence-corrected chi connectivity index (χ0v) is 31.4. The van der Waals surface area contributed by atoms with Crippen LogP contribution in [0.5, 0.6) is 0 Å².